The molecule has 0 unspecified atom stereocenters. The van der Waals surface area contributed by atoms with Crippen LogP contribution in [0.15, 0.2) is 59.5 Å². The van der Waals surface area contributed by atoms with Crippen molar-refractivity contribution in [2.45, 2.75) is 20.3 Å². The fraction of sp³-hybridized carbons (Fsp3) is 0.200. The van der Waals surface area contributed by atoms with E-state index >= 15 is 0 Å². The summed E-state index contributed by atoms with van der Waals surface area (Å²) in [5, 5.41) is 4.65. The maximum atomic E-state index is 12.8. The number of aromatic nitrogens is 2. The molecule has 2 aromatic carbocycles. The number of hydrogen-bond acceptors (Lipinski definition) is 3. The summed E-state index contributed by atoms with van der Waals surface area (Å²) >= 11 is 6.45. The van der Waals surface area contributed by atoms with Gasteiger partial charge in [0, 0.05) is 35.6 Å². The summed E-state index contributed by atoms with van der Waals surface area (Å²) in [6, 6.07) is 13.9. The normalized spacial score (nSPS) is 11.0. The standard InChI is InChI=1S/C25H24ClN3O3/c1-15-4-10-21(26)23-20(16(2)28-24(15)23)12-13-27-25(31)17-5-11-22(30)29(14-17)18-6-8-19(32-3)9-7-18/h4-11,14,28H,12-13H2,1-3H3,(H,27,31). The van der Waals surface area contributed by atoms with Crippen LogP contribution in [0.25, 0.3) is 16.6 Å². The smallest absolute Gasteiger partial charge is 0.255 e. The molecule has 0 radical (unpaired) electrons. The van der Waals surface area contributed by atoms with Gasteiger partial charge in [-0.05, 0) is 67.8 Å². The van der Waals surface area contributed by atoms with E-state index < -0.39 is 0 Å². The summed E-state index contributed by atoms with van der Waals surface area (Å²) in [5.74, 6) is 0.450. The monoisotopic (exact) mass is 449 g/mol. The number of nitrogens with one attached hydrogen (secondary N) is 2. The minimum atomic E-state index is -0.243. The maximum absolute atomic E-state index is 12.8. The first-order valence-corrected chi connectivity index (χ1v) is 10.7. The van der Waals surface area contributed by atoms with Crippen LogP contribution in [0, 0.1) is 13.8 Å². The number of amides is 1. The van der Waals surface area contributed by atoms with Crippen LogP contribution in [-0.2, 0) is 6.42 Å². The van der Waals surface area contributed by atoms with E-state index in [0.29, 0.717) is 35.0 Å². The first-order chi connectivity index (χ1) is 15.4. The van der Waals surface area contributed by atoms with Crippen LogP contribution in [-0.4, -0.2) is 29.1 Å². The molecule has 2 heterocycles. The Labute approximate surface area is 190 Å². The predicted molar refractivity (Wildman–Crippen MR) is 127 cm³/mol. The van der Waals surface area contributed by atoms with E-state index in [1.807, 2.05) is 26.0 Å². The number of rotatable bonds is 6. The number of halogens is 1. The lowest BCUT2D eigenvalue weighted by Crippen LogP contribution is -2.28. The molecule has 4 rings (SSSR count). The van der Waals surface area contributed by atoms with Crippen LogP contribution in [0.2, 0.25) is 5.02 Å². The molecule has 0 spiro atoms. The molecule has 7 heteroatoms. The van der Waals surface area contributed by atoms with Crippen molar-refractivity contribution in [1.29, 1.82) is 0 Å². The minimum Gasteiger partial charge on any atom is -0.497 e. The van der Waals surface area contributed by atoms with E-state index in [2.05, 4.69) is 10.3 Å². The van der Waals surface area contributed by atoms with Crippen LogP contribution in [0.5, 0.6) is 5.75 Å². The maximum Gasteiger partial charge on any atom is 0.255 e. The fourth-order valence-electron chi connectivity index (χ4n) is 3.87. The highest BCUT2D eigenvalue weighted by Crippen LogP contribution is 2.31. The number of pyridine rings is 1. The molecule has 0 fully saturated rings. The highest BCUT2D eigenvalue weighted by atomic mass is 35.5. The number of carbonyl (C=O) groups excluding carboxylic acids is 1. The number of carbonyl (C=O) groups is 1. The molecular weight excluding hydrogens is 426 g/mol. The molecule has 0 atom stereocenters. The molecule has 32 heavy (non-hydrogen) atoms. The second-order valence-electron chi connectivity index (χ2n) is 7.67. The van der Waals surface area contributed by atoms with Crippen molar-refractivity contribution >= 4 is 28.4 Å². The lowest BCUT2D eigenvalue weighted by atomic mass is 10.1. The van der Waals surface area contributed by atoms with Gasteiger partial charge in [0.1, 0.15) is 5.75 Å². The molecule has 1 amide bonds. The molecule has 2 N–H and O–H groups in total. The summed E-state index contributed by atoms with van der Waals surface area (Å²) < 4.78 is 6.60. The summed E-state index contributed by atoms with van der Waals surface area (Å²) in [6.45, 7) is 4.49. The summed E-state index contributed by atoms with van der Waals surface area (Å²) in [4.78, 5) is 28.5. The van der Waals surface area contributed by atoms with E-state index in [1.165, 1.54) is 16.7 Å². The number of hydrogen-bond donors (Lipinski definition) is 2. The first-order valence-electron chi connectivity index (χ1n) is 10.3. The molecule has 0 aliphatic heterocycles. The van der Waals surface area contributed by atoms with Crippen molar-refractivity contribution < 1.29 is 9.53 Å². The summed E-state index contributed by atoms with van der Waals surface area (Å²) in [6.07, 6.45) is 2.19. The van der Waals surface area contributed by atoms with Crippen molar-refractivity contribution in [3.8, 4) is 11.4 Å². The number of methoxy groups -OCH3 is 1. The van der Waals surface area contributed by atoms with Crippen molar-refractivity contribution in [3.05, 3.63) is 92.5 Å². The molecule has 0 saturated heterocycles. The van der Waals surface area contributed by atoms with Gasteiger partial charge in [-0.2, -0.15) is 0 Å². The van der Waals surface area contributed by atoms with Gasteiger partial charge < -0.3 is 15.0 Å². The van der Waals surface area contributed by atoms with Gasteiger partial charge in [-0.15, -0.1) is 0 Å². The van der Waals surface area contributed by atoms with Gasteiger partial charge in [0.25, 0.3) is 11.5 Å². The van der Waals surface area contributed by atoms with Gasteiger partial charge in [0.05, 0.1) is 23.2 Å². The van der Waals surface area contributed by atoms with E-state index in [9.17, 15) is 9.59 Å². The average molecular weight is 450 g/mol. The SMILES string of the molecule is COc1ccc(-n2cc(C(=O)NCCc3c(C)[nH]c4c(C)ccc(Cl)c34)ccc2=O)cc1. The summed E-state index contributed by atoms with van der Waals surface area (Å²) in [5.41, 5.74) is 5.14. The zero-order valence-corrected chi connectivity index (χ0v) is 18.9. The number of aromatic amines is 1. The van der Waals surface area contributed by atoms with Gasteiger partial charge in [-0.25, -0.2) is 0 Å². The molecule has 0 bridgehead atoms. The molecule has 2 aromatic heterocycles. The zero-order chi connectivity index (χ0) is 22.8. The van der Waals surface area contributed by atoms with Crippen LogP contribution < -0.4 is 15.6 Å². The van der Waals surface area contributed by atoms with Gasteiger partial charge in [-0.3, -0.25) is 14.2 Å². The van der Waals surface area contributed by atoms with Gasteiger partial charge in [0.2, 0.25) is 0 Å². The molecular formula is C25H24ClN3O3. The summed E-state index contributed by atoms with van der Waals surface area (Å²) in [7, 11) is 1.58. The van der Waals surface area contributed by atoms with Gasteiger partial charge in [0.15, 0.2) is 0 Å². The number of H-pyrrole nitrogens is 1. The Hall–Kier alpha value is -3.51. The lowest BCUT2D eigenvalue weighted by molar-refractivity contribution is 0.0953. The van der Waals surface area contributed by atoms with Crippen molar-refractivity contribution in [1.82, 2.24) is 14.9 Å². The fourth-order valence-corrected chi connectivity index (χ4v) is 4.14. The van der Waals surface area contributed by atoms with Crippen LogP contribution >= 0.6 is 11.6 Å². The third-order valence-electron chi connectivity index (χ3n) is 5.61. The Bertz CT molecular complexity index is 1350. The third kappa shape index (κ3) is 4.14. The number of aryl methyl sites for hydroxylation is 2. The van der Waals surface area contributed by atoms with Gasteiger partial charge in [-0.1, -0.05) is 17.7 Å². The molecule has 6 nitrogen and oxygen atoms in total. The van der Waals surface area contributed by atoms with E-state index in [-0.39, 0.29) is 11.5 Å². The van der Waals surface area contributed by atoms with E-state index in [4.69, 9.17) is 16.3 Å². The quantitative estimate of drug-likeness (QED) is 0.452. The highest BCUT2D eigenvalue weighted by molar-refractivity contribution is 6.35. The van der Waals surface area contributed by atoms with Crippen LogP contribution in [0.3, 0.4) is 0 Å². The number of nitrogens with zero attached hydrogens (tertiary/aromatic N) is 1. The topological polar surface area (TPSA) is 76.1 Å². The molecule has 0 aliphatic carbocycles. The minimum absolute atomic E-state index is 0.217. The van der Waals surface area contributed by atoms with Crippen molar-refractivity contribution in [2.75, 3.05) is 13.7 Å². The molecule has 164 valence electrons. The van der Waals surface area contributed by atoms with E-state index in [0.717, 1.165) is 27.7 Å². The molecule has 0 saturated carbocycles. The van der Waals surface area contributed by atoms with Crippen molar-refractivity contribution in [3.63, 3.8) is 0 Å². The van der Waals surface area contributed by atoms with Crippen LogP contribution in [0.1, 0.15) is 27.2 Å². The number of benzene rings is 2. The predicted octanol–water partition coefficient (Wildman–Crippen LogP) is 4.57. The Morgan fingerprint density at radius 1 is 1.09 bits per heavy atom. The van der Waals surface area contributed by atoms with Crippen LogP contribution in [0.4, 0.5) is 0 Å². The Morgan fingerprint density at radius 3 is 2.56 bits per heavy atom. The average Bonchev–Trinajstić information content (AvgIpc) is 3.14. The van der Waals surface area contributed by atoms with Gasteiger partial charge >= 0.3 is 0 Å². The van der Waals surface area contributed by atoms with E-state index in [1.54, 1.807) is 37.6 Å². The Balaban J connectivity index is 1.51. The highest BCUT2D eigenvalue weighted by Gasteiger charge is 2.14. The molecule has 4 aromatic rings. The molecule has 0 aliphatic rings. The zero-order valence-electron chi connectivity index (χ0n) is 18.2. The first kappa shape index (κ1) is 21.7. The second-order valence-corrected chi connectivity index (χ2v) is 8.08. The third-order valence-corrected chi connectivity index (χ3v) is 5.93. The largest absolute Gasteiger partial charge is 0.497 e. The van der Waals surface area contributed by atoms with Crippen molar-refractivity contribution in [2.24, 2.45) is 0 Å². The number of ether oxygens (including phenoxy) is 1. The Morgan fingerprint density at radius 2 is 1.84 bits per heavy atom. The second kappa shape index (κ2) is 8.93. The number of fused-ring (bicyclic) bond motifs is 1. The Kier molecular flexibility index (Phi) is 6.06. The lowest BCUT2D eigenvalue weighted by Gasteiger charge is -2.10.